The van der Waals surface area contributed by atoms with Gasteiger partial charge in [-0.2, -0.15) is 5.10 Å². The third kappa shape index (κ3) is 4.07. The Morgan fingerprint density at radius 3 is 2.48 bits per heavy atom. The average molecular weight is 394 g/mol. The number of methoxy groups -OCH3 is 1. The monoisotopic (exact) mass is 394 g/mol. The molecule has 1 N–H and O–H groups in total. The molecule has 0 atom stereocenters. The van der Waals surface area contributed by atoms with Crippen molar-refractivity contribution in [3.8, 4) is 5.75 Å². The second-order valence-corrected chi connectivity index (χ2v) is 6.71. The smallest absolute Gasteiger partial charge is 0.275 e. The number of nitrogens with one attached hydrogen (secondary N) is 1. The minimum atomic E-state index is -0.326. The van der Waals surface area contributed by atoms with Crippen LogP contribution in [0.5, 0.6) is 5.75 Å². The number of carbonyl (C=O) groups is 1. The van der Waals surface area contributed by atoms with E-state index >= 15 is 0 Å². The lowest BCUT2D eigenvalue weighted by Gasteiger charge is -2.29. The van der Waals surface area contributed by atoms with Crippen molar-refractivity contribution in [1.29, 1.82) is 0 Å². The second kappa shape index (κ2) is 8.32. The second-order valence-electron chi connectivity index (χ2n) is 6.71. The molecule has 0 saturated carbocycles. The number of amides is 1. The minimum Gasteiger partial charge on any atom is -0.497 e. The van der Waals surface area contributed by atoms with Gasteiger partial charge in [0, 0.05) is 24.2 Å². The molecule has 1 aliphatic heterocycles. The molecular weight excluding hydrogens is 372 g/mol. The van der Waals surface area contributed by atoms with Crippen molar-refractivity contribution in [2.75, 3.05) is 43.6 Å². The SMILES string of the molecule is COc1ccc(NC(=O)Cn2nc(N3CCOCC3)c3ccccc3c2=O)cc1. The highest BCUT2D eigenvalue weighted by Crippen LogP contribution is 2.22. The van der Waals surface area contributed by atoms with Gasteiger partial charge in [0.25, 0.3) is 5.56 Å². The fourth-order valence-electron chi connectivity index (χ4n) is 3.34. The summed E-state index contributed by atoms with van der Waals surface area (Å²) in [7, 11) is 1.58. The number of nitrogens with zero attached hydrogens (tertiary/aromatic N) is 3. The maximum Gasteiger partial charge on any atom is 0.275 e. The number of fused-ring (bicyclic) bond motifs is 1. The summed E-state index contributed by atoms with van der Waals surface area (Å²) in [5.74, 6) is 1.07. The van der Waals surface area contributed by atoms with Crippen LogP contribution in [0.1, 0.15) is 0 Å². The number of carbonyl (C=O) groups excluding carboxylic acids is 1. The summed E-state index contributed by atoms with van der Waals surface area (Å²) < 4.78 is 11.8. The van der Waals surface area contributed by atoms with Gasteiger partial charge in [0.2, 0.25) is 5.91 Å². The number of hydrogen-bond donors (Lipinski definition) is 1. The lowest BCUT2D eigenvalue weighted by Crippen LogP contribution is -2.39. The molecule has 1 saturated heterocycles. The van der Waals surface area contributed by atoms with E-state index in [0.717, 1.165) is 5.39 Å². The van der Waals surface area contributed by atoms with Crippen LogP contribution < -0.4 is 20.5 Å². The topological polar surface area (TPSA) is 85.7 Å². The van der Waals surface area contributed by atoms with E-state index in [2.05, 4.69) is 15.3 Å². The summed E-state index contributed by atoms with van der Waals surface area (Å²) in [6.07, 6.45) is 0. The summed E-state index contributed by atoms with van der Waals surface area (Å²) in [6.45, 7) is 2.41. The maximum atomic E-state index is 12.9. The quantitative estimate of drug-likeness (QED) is 0.711. The van der Waals surface area contributed by atoms with Crippen LogP contribution in [0.15, 0.2) is 53.3 Å². The zero-order valence-corrected chi connectivity index (χ0v) is 16.1. The maximum absolute atomic E-state index is 12.9. The Labute approximate surface area is 167 Å². The zero-order chi connectivity index (χ0) is 20.2. The first kappa shape index (κ1) is 18.9. The third-order valence-corrected chi connectivity index (χ3v) is 4.83. The molecular formula is C21H22N4O4. The molecule has 1 fully saturated rings. The predicted molar refractivity (Wildman–Crippen MR) is 111 cm³/mol. The summed E-state index contributed by atoms with van der Waals surface area (Å²) in [5, 5.41) is 8.64. The molecule has 29 heavy (non-hydrogen) atoms. The Balaban J connectivity index is 1.63. The van der Waals surface area contributed by atoms with Crippen LogP contribution in [0.3, 0.4) is 0 Å². The van der Waals surface area contributed by atoms with E-state index in [1.165, 1.54) is 4.68 Å². The summed E-state index contributed by atoms with van der Waals surface area (Å²) in [6, 6.07) is 14.3. The van der Waals surface area contributed by atoms with Crippen LogP contribution in [0.2, 0.25) is 0 Å². The van der Waals surface area contributed by atoms with E-state index in [0.29, 0.717) is 48.9 Å². The molecule has 2 heterocycles. The molecule has 2 aromatic carbocycles. The van der Waals surface area contributed by atoms with E-state index in [1.807, 2.05) is 18.2 Å². The van der Waals surface area contributed by atoms with Gasteiger partial charge in [0.1, 0.15) is 12.3 Å². The van der Waals surface area contributed by atoms with E-state index in [4.69, 9.17) is 9.47 Å². The van der Waals surface area contributed by atoms with Crippen molar-refractivity contribution >= 4 is 28.2 Å². The molecule has 150 valence electrons. The van der Waals surface area contributed by atoms with Crippen LogP contribution in [-0.4, -0.2) is 49.1 Å². The van der Waals surface area contributed by atoms with Gasteiger partial charge >= 0.3 is 0 Å². The van der Waals surface area contributed by atoms with Gasteiger partial charge in [-0.3, -0.25) is 9.59 Å². The molecule has 1 aliphatic rings. The molecule has 0 aliphatic carbocycles. The van der Waals surface area contributed by atoms with Crippen LogP contribution in [0, 0.1) is 0 Å². The van der Waals surface area contributed by atoms with Crippen molar-refractivity contribution < 1.29 is 14.3 Å². The number of ether oxygens (including phenoxy) is 2. The highest BCUT2D eigenvalue weighted by molar-refractivity contribution is 5.93. The molecule has 0 bridgehead atoms. The van der Waals surface area contributed by atoms with Crippen molar-refractivity contribution in [2.24, 2.45) is 0 Å². The van der Waals surface area contributed by atoms with Gasteiger partial charge in [0.05, 0.1) is 25.7 Å². The number of benzene rings is 2. The molecule has 3 aromatic rings. The van der Waals surface area contributed by atoms with Crippen LogP contribution in [0.25, 0.3) is 10.8 Å². The van der Waals surface area contributed by atoms with Crippen molar-refractivity contribution in [3.63, 3.8) is 0 Å². The first-order chi connectivity index (χ1) is 14.2. The van der Waals surface area contributed by atoms with Crippen molar-refractivity contribution in [3.05, 3.63) is 58.9 Å². The molecule has 4 rings (SSSR count). The molecule has 8 nitrogen and oxygen atoms in total. The lowest BCUT2D eigenvalue weighted by atomic mass is 10.1. The van der Waals surface area contributed by atoms with Gasteiger partial charge in [-0.15, -0.1) is 0 Å². The Kier molecular flexibility index (Phi) is 5.44. The van der Waals surface area contributed by atoms with Crippen LogP contribution in [-0.2, 0) is 16.1 Å². The first-order valence-electron chi connectivity index (χ1n) is 9.42. The average Bonchev–Trinajstić information content (AvgIpc) is 2.77. The highest BCUT2D eigenvalue weighted by Gasteiger charge is 2.19. The number of anilines is 2. The fourth-order valence-corrected chi connectivity index (χ4v) is 3.34. The largest absolute Gasteiger partial charge is 0.497 e. The fraction of sp³-hybridized carbons (Fsp3) is 0.286. The van der Waals surface area contributed by atoms with Crippen LogP contribution in [0.4, 0.5) is 11.5 Å². The van der Waals surface area contributed by atoms with E-state index in [-0.39, 0.29) is 18.0 Å². The van der Waals surface area contributed by atoms with Gasteiger partial charge in [0.15, 0.2) is 5.82 Å². The van der Waals surface area contributed by atoms with Crippen molar-refractivity contribution in [1.82, 2.24) is 9.78 Å². The number of aromatic nitrogens is 2. The lowest BCUT2D eigenvalue weighted by molar-refractivity contribution is -0.117. The third-order valence-electron chi connectivity index (χ3n) is 4.83. The van der Waals surface area contributed by atoms with Crippen LogP contribution >= 0.6 is 0 Å². The predicted octanol–water partition coefficient (Wildman–Crippen LogP) is 1.88. The Morgan fingerprint density at radius 2 is 1.79 bits per heavy atom. The van der Waals surface area contributed by atoms with Gasteiger partial charge in [-0.1, -0.05) is 18.2 Å². The number of rotatable bonds is 5. The molecule has 1 aromatic heterocycles. The minimum absolute atomic E-state index is 0.174. The van der Waals surface area contributed by atoms with Gasteiger partial charge in [-0.25, -0.2) is 4.68 Å². The summed E-state index contributed by atoms with van der Waals surface area (Å²) >= 11 is 0. The molecule has 0 unspecified atom stereocenters. The Morgan fingerprint density at radius 1 is 1.10 bits per heavy atom. The molecule has 1 amide bonds. The standard InChI is InChI=1S/C21H22N4O4/c1-28-16-8-6-15(7-9-16)22-19(26)14-25-21(27)18-5-3-2-4-17(18)20(23-25)24-10-12-29-13-11-24/h2-9H,10-14H2,1H3,(H,22,26). The van der Waals surface area contributed by atoms with Crippen molar-refractivity contribution in [2.45, 2.75) is 6.54 Å². The molecule has 0 radical (unpaired) electrons. The zero-order valence-electron chi connectivity index (χ0n) is 16.1. The Hall–Kier alpha value is -3.39. The van der Waals surface area contributed by atoms with E-state index in [1.54, 1.807) is 37.4 Å². The van der Waals surface area contributed by atoms with E-state index < -0.39 is 0 Å². The van der Waals surface area contributed by atoms with Gasteiger partial charge < -0.3 is 19.7 Å². The first-order valence-corrected chi connectivity index (χ1v) is 9.42. The summed E-state index contributed by atoms with van der Waals surface area (Å²) in [5.41, 5.74) is 0.334. The molecule has 8 heteroatoms. The molecule has 0 spiro atoms. The van der Waals surface area contributed by atoms with E-state index in [9.17, 15) is 9.59 Å². The highest BCUT2D eigenvalue weighted by atomic mass is 16.5. The Bertz CT molecular complexity index is 1070. The number of hydrogen-bond acceptors (Lipinski definition) is 6. The summed E-state index contributed by atoms with van der Waals surface area (Å²) in [4.78, 5) is 27.5. The van der Waals surface area contributed by atoms with Gasteiger partial charge in [-0.05, 0) is 30.3 Å². The number of morpholine rings is 1. The normalized spacial score (nSPS) is 14.0.